The number of unbranched alkanes of at least 4 members (excludes halogenated alkanes) is 2. The molecule has 1 aromatic heterocycles. The number of cyclic esters (lactones) is 1. The first-order valence-electron chi connectivity index (χ1n) is 14.0. The van der Waals surface area contributed by atoms with Gasteiger partial charge in [-0.15, -0.1) is 0 Å². The minimum Gasteiger partial charge on any atom is -0.493 e. The van der Waals surface area contributed by atoms with E-state index >= 15 is 0 Å². The summed E-state index contributed by atoms with van der Waals surface area (Å²) in [6.45, 7) is 5.21. The number of ether oxygens (including phenoxy) is 6. The maximum Gasteiger partial charge on any atom is 0.329 e. The topological polar surface area (TPSA) is 132 Å². The van der Waals surface area contributed by atoms with E-state index in [2.05, 4.69) is 17.2 Å². The van der Waals surface area contributed by atoms with E-state index in [9.17, 15) is 14.4 Å². The maximum absolute atomic E-state index is 13.3. The van der Waals surface area contributed by atoms with Crippen LogP contribution in [0.15, 0.2) is 42.6 Å². The fourth-order valence-corrected chi connectivity index (χ4v) is 4.48. The van der Waals surface area contributed by atoms with Crippen LogP contribution in [-0.2, 0) is 23.8 Å². The maximum atomic E-state index is 13.3. The Morgan fingerprint density at radius 2 is 1.90 bits per heavy atom. The monoisotopic (exact) mass is 572 g/mol. The molecular formula is C30H40N2O9. The highest BCUT2D eigenvalue weighted by Gasteiger charge is 2.36. The van der Waals surface area contributed by atoms with E-state index in [0.29, 0.717) is 31.6 Å². The Morgan fingerprint density at radius 1 is 1.12 bits per heavy atom. The van der Waals surface area contributed by atoms with E-state index in [4.69, 9.17) is 28.4 Å². The van der Waals surface area contributed by atoms with Gasteiger partial charge in [-0.2, -0.15) is 0 Å². The summed E-state index contributed by atoms with van der Waals surface area (Å²) in [6.07, 6.45) is 4.31. The molecule has 1 N–H and O–H groups in total. The van der Waals surface area contributed by atoms with E-state index in [0.717, 1.165) is 19.3 Å². The molecule has 0 spiro atoms. The fraction of sp³-hybridized carbons (Fsp3) is 0.533. The summed E-state index contributed by atoms with van der Waals surface area (Å²) in [5, 5.41) is 2.73. The normalized spacial score (nSPS) is 20.9. The summed E-state index contributed by atoms with van der Waals surface area (Å²) in [7, 11) is 1.40. The number of hydrogen-bond acceptors (Lipinski definition) is 10. The van der Waals surface area contributed by atoms with Gasteiger partial charge in [0.1, 0.15) is 30.1 Å². The number of nitrogens with one attached hydrogen (secondary N) is 1. The number of amides is 1. The average Bonchev–Trinajstić information content (AvgIpc) is 3.00. The third-order valence-electron chi connectivity index (χ3n) is 6.56. The Labute approximate surface area is 240 Å². The molecule has 4 atom stereocenters. The van der Waals surface area contributed by atoms with Crippen molar-refractivity contribution in [3.63, 3.8) is 0 Å². The first kappa shape index (κ1) is 31.7. The Kier molecular flexibility index (Phi) is 12.7. The molecule has 0 unspecified atom stereocenters. The second-order valence-corrected chi connectivity index (χ2v) is 9.70. The Bertz CT molecular complexity index is 1130. The summed E-state index contributed by atoms with van der Waals surface area (Å²) in [5.74, 6) is -0.905. The van der Waals surface area contributed by atoms with Crippen molar-refractivity contribution in [3.8, 4) is 17.2 Å². The van der Waals surface area contributed by atoms with E-state index < -0.39 is 42.9 Å². The van der Waals surface area contributed by atoms with Crippen LogP contribution in [0.2, 0.25) is 0 Å². The predicted molar refractivity (Wildman–Crippen MR) is 149 cm³/mol. The summed E-state index contributed by atoms with van der Waals surface area (Å²) in [5.41, 5.74) is -0.125. The third kappa shape index (κ3) is 9.63. The smallest absolute Gasteiger partial charge is 0.329 e. The molecule has 2 heterocycles. The van der Waals surface area contributed by atoms with E-state index in [1.165, 1.54) is 26.3 Å². The zero-order chi connectivity index (χ0) is 29.6. The summed E-state index contributed by atoms with van der Waals surface area (Å²) >= 11 is 0. The Hall–Kier alpha value is -3.86. The molecule has 0 radical (unpaired) electrons. The number of carbonyl (C=O) groups excluding carboxylic acids is 3. The van der Waals surface area contributed by atoms with E-state index in [-0.39, 0.29) is 23.3 Å². The number of aromatic nitrogens is 1. The van der Waals surface area contributed by atoms with Crippen LogP contribution < -0.4 is 19.5 Å². The molecule has 1 amide bonds. The van der Waals surface area contributed by atoms with Crippen LogP contribution in [0.25, 0.3) is 0 Å². The summed E-state index contributed by atoms with van der Waals surface area (Å²) in [4.78, 5) is 41.9. The van der Waals surface area contributed by atoms with Crippen LogP contribution in [0.3, 0.4) is 0 Å². The van der Waals surface area contributed by atoms with Gasteiger partial charge in [-0.25, -0.2) is 9.78 Å². The van der Waals surface area contributed by atoms with Gasteiger partial charge in [0.05, 0.1) is 7.11 Å². The molecule has 3 rings (SSSR count). The van der Waals surface area contributed by atoms with E-state index in [1.807, 2.05) is 30.3 Å². The van der Waals surface area contributed by atoms with Crippen LogP contribution in [-0.4, -0.2) is 67.7 Å². The molecule has 1 saturated heterocycles. The molecule has 0 saturated carbocycles. The van der Waals surface area contributed by atoms with Crippen molar-refractivity contribution in [1.29, 1.82) is 0 Å². The number of pyridine rings is 1. The molecule has 0 aliphatic carbocycles. The Morgan fingerprint density at radius 3 is 2.61 bits per heavy atom. The molecule has 1 aliphatic heterocycles. The second kappa shape index (κ2) is 16.4. The van der Waals surface area contributed by atoms with Gasteiger partial charge in [-0.1, -0.05) is 38.0 Å². The average molecular weight is 573 g/mol. The Balaban J connectivity index is 1.77. The van der Waals surface area contributed by atoms with Crippen molar-refractivity contribution >= 4 is 17.8 Å². The van der Waals surface area contributed by atoms with Crippen LogP contribution in [0, 0.1) is 0 Å². The summed E-state index contributed by atoms with van der Waals surface area (Å²) < 4.78 is 34.0. The number of methoxy groups -OCH3 is 1. The van der Waals surface area contributed by atoms with Crippen molar-refractivity contribution in [3.05, 3.63) is 48.3 Å². The number of benzene rings is 1. The van der Waals surface area contributed by atoms with Gasteiger partial charge in [-0.05, 0) is 44.7 Å². The second-order valence-electron chi connectivity index (χ2n) is 9.70. The van der Waals surface area contributed by atoms with E-state index in [1.54, 1.807) is 6.92 Å². The van der Waals surface area contributed by atoms with Gasteiger partial charge in [0, 0.05) is 25.8 Å². The van der Waals surface area contributed by atoms with Gasteiger partial charge >= 0.3 is 11.9 Å². The number of para-hydroxylation sites is 1. The quantitative estimate of drug-likeness (QED) is 0.211. The number of carbonyl (C=O) groups is 3. The summed E-state index contributed by atoms with van der Waals surface area (Å²) in [6, 6.07) is 10.0. The molecular weight excluding hydrogens is 532 g/mol. The van der Waals surface area contributed by atoms with Crippen molar-refractivity contribution in [1.82, 2.24) is 10.3 Å². The van der Waals surface area contributed by atoms with Crippen molar-refractivity contribution in [2.45, 2.75) is 83.6 Å². The van der Waals surface area contributed by atoms with Crippen LogP contribution in [0.4, 0.5) is 0 Å². The van der Waals surface area contributed by atoms with Gasteiger partial charge in [0.25, 0.3) is 5.91 Å². The lowest BCUT2D eigenvalue weighted by Crippen LogP contribution is -2.46. The minimum atomic E-state index is -0.949. The molecule has 0 bridgehead atoms. The van der Waals surface area contributed by atoms with Gasteiger partial charge in [0.15, 0.2) is 17.2 Å². The lowest BCUT2D eigenvalue weighted by Gasteiger charge is -2.31. The molecule has 1 aliphatic rings. The molecule has 11 heteroatoms. The van der Waals surface area contributed by atoms with Crippen LogP contribution >= 0.6 is 0 Å². The molecule has 11 nitrogen and oxygen atoms in total. The zero-order valence-corrected chi connectivity index (χ0v) is 24.1. The molecule has 1 aromatic carbocycles. The highest BCUT2D eigenvalue weighted by atomic mass is 16.7. The highest BCUT2D eigenvalue weighted by Crippen LogP contribution is 2.30. The van der Waals surface area contributed by atoms with Crippen LogP contribution in [0.1, 0.15) is 69.8 Å². The largest absolute Gasteiger partial charge is 0.493 e. The zero-order valence-electron chi connectivity index (χ0n) is 24.1. The first-order valence-corrected chi connectivity index (χ1v) is 14.0. The first-order chi connectivity index (χ1) is 19.8. The van der Waals surface area contributed by atoms with Gasteiger partial charge in [0.2, 0.25) is 6.79 Å². The van der Waals surface area contributed by atoms with Gasteiger partial charge < -0.3 is 33.7 Å². The van der Waals surface area contributed by atoms with Crippen molar-refractivity contribution in [2.75, 3.05) is 20.5 Å². The third-order valence-corrected chi connectivity index (χ3v) is 6.56. The number of nitrogens with zero attached hydrogens (tertiary/aromatic N) is 1. The lowest BCUT2D eigenvalue weighted by molar-refractivity contribution is -0.163. The number of esters is 2. The highest BCUT2D eigenvalue weighted by molar-refractivity contribution is 5.98. The molecule has 1 fully saturated rings. The standard InChI is InChI=1S/C30H40N2O9/c1-5-6-10-18-37-27-20(2)40-30(35)23(14-11-15-25(27)41-22-12-8-7-9-13-22)32-29(34)26-28(39-19-38-21(3)33)24(36-4)16-17-31-26/h7-9,12-13,16-17,20,23,25,27H,5-6,10-11,14-15,18-19H2,1-4H3,(H,32,34)/t20-,23-,25-,27-/m0/s1. The predicted octanol–water partition coefficient (Wildman–Crippen LogP) is 4.23. The number of hydrogen-bond donors (Lipinski definition) is 1. The minimum absolute atomic E-state index is 0.0181. The molecule has 41 heavy (non-hydrogen) atoms. The number of rotatable bonds is 13. The molecule has 2 aromatic rings. The SMILES string of the molecule is CCCCCO[C@H]1[C@H](C)OC(=O)[C@@H](NC(=O)c2nccc(OC)c2OCOC(C)=O)CCC[C@@H]1Oc1ccccc1. The lowest BCUT2D eigenvalue weighted by atomic mass is 10.0. The van der Waals surface area contributed by atoms with Gasteiger partial charge in [-0.3, -0.25) is 9.59 Å². The molecule has 224 valence electrons. The van der Waals surface area contributed by atoms with Crippen molar-refractivity contribution < 1.29 is 42.8 Å². The fourth-order valence-electron chi connectivity index (χ4n) is 4.48. The van der Waals surface area contributed by atoms with Crippen LogP contribution in [0.5, 0.6) is 17.2 Å². The van der Waals surface area contributed by atoms with Crippen molar-refractivity contribution in [2.24, 2.45) is 0 Å².